The Morgan fingerprint density at radius 1 is 1.22 bits per heavy atom. The summed E-state index contributed by atoms with van der Waals surface area (Å²) in [5.74, 6) is -0.417. The quantitative estimate of drug-likeness (QED) is 0.759. The van der Waals surface area contributed by atoms with Gasteiger partial charge in [-0.3, -0.25) is 9.48 Å². The van der Waals surface area contributed by atoms with Crippen molar-refractivity contribution >= 4 is 15.9 Å². The maximum absolute atomic E-state index is 13.0. The Hall–Kier alpha value is -2.33. The van der Waals surface area contributed by atoms with E-state index in [1.54, 1.807) is 15.9 Å². The van der Waals surface area contributed by atoms with Gasteiger partial charge in [-0.15, -0.1) is 0 Å². The smallest absolute Gasteiger partial charge is 0.240 e. The van der Waals surface area contributed by atoms with E-state index in [1.807, 2.05) is 0 Å². The van der Waals surface area contributed by atoms with Crippen LogP contribution in [0.4, 0.5) is 4.39 Å². The fourth-order valence-corrected chi connectivity index (χ4v) is 4.35. The van der Waals surface area contributed by atoms with E-state index in [2.05, 4.69) is 14.8 Å². The van der Waals surface area contributed by atoms with Gasteiger partial charge >= 0.3 is 0 Å². The van der Waals surface area contributed by atoms with Crippen LogP contribution in [-0.2, 0) is 21.4 Å². The number of halogens is 1. The van der Waals surface area contributed by atoms with Crippen LogP contribution in [0.1, 0.15) is 25.7 Å². The van der Waals surface area contributed by atoms with E-state index in [9.17, 15) is 17.6 Å². The number of piperidine rings is 1. The van der Waals surface area contributed by atoms with Gasteiger partial charge in [0.05, 0.1) is 4.90 Å². The summed E-state index contributed by atoms with van der Waals surface area (Å²) in [4.78, 5) is 17.9. The van der Waals surface area contributed by atoms with Crippen LogP contribution in [0.2, 0.25) is 0 Å². The minimum atomic E-state index is -3.69. The van der Waals surface area contributed by atoms with Crippen molar-refractivity contribution in [2.45, 2.75) is 43.2 Å². The number of rotatable bonds is 7. The van der Waals surface area contributed by atoms with Gasteiger partial charge in [-0.25, -0.2) is 22.5 Å². The molecule has 0 saturated carbocycles. The first-order chi connectivity index (χ1) is 12.9. The Labute approximate surface area is 157 Å². The molecule has 0 atom stereocenters. The lowest BCUT2D eigenvalue weighted by Crippen LogP contribution is -2.46. The molecule has 1 saturated heterocycles. The molecule has 1 amide bonds. The van der Waals surface area contributed by atoms with Crippen molar-refractivity contribution in [1.29, 1.82) is 0 Å². The topological polar surface area (TPSA) is 97.2 Å². The molecule has 1 N–H and O–H groups in total. The maximum Gasteiger partial charge on any atom is 0.240 e. The summed E-state index contributed by atoms with van der Waals surface area (Å²) in [5.41, 5.74) is 0. The summed E-state index contributed by atoms with van der Waals surface area (Å²) in [6.07, 6.45) is 5.28. The zero-order valence-corrected chi connectivity index (χ0v) is 15.6. The number of nitrogens with zero attached hydrogens (tertiary/aromatic N) is 4. The number of nitrogens with one attached hydrogen (secondary N) is 1. The van der Waals surface area contributed by atoms with E-state index in [-0.39, 0.29) is 16.8 Å². The fraction of sp³-hybridized carbons (Fsp3) is 0.471. The predicted octanol–water partition coefficient (Wildman–Crippen LogP) is 1.17. The van der Waals surface area contributed by atoms with Gasteiger partial charge in [-0.2, -0.15) is 5.10 Å². The second-order valence-corrected chi connectivity index (χ2v) is 8.21. The second-order valence-electron chi connectivity index (χ2n) is 6.49. The number of carbonyl (C=O) groups is 1. The van der Waals surface area contributed by atoms with Crippen LogP contribution in [0.25, 0.3) is 0 Å². The van der Waals surface area contributed by atoms with E-state index >= 15 is 0 Å². The Morgan fingerprint density at radius 2 is 1.93 bits per heavy atom. The number of sulfonamides is 1. The lowest BCUT2D eigenvalue weighted by atomic mass is 10.1. The number of amides is 1. The van der Waals surface area contributed by atoms with Gasteiger partial charge in [0.1, 0.15) is 18.5 Å². The van der Waals surface area contributed by atoms with Crippen LogP contribution < -0.4 is 4.72 Å². The molecule has 2 heterocycles. The number of aryl methyl sites for hydroxylation is 1. The molecule has 1 aliphatic rings. The molecule has 1 fully saturated rings. The molecule has 1 aromatic carbocycles. The molecule has 1 aromatic heterocycles. The van der Waals surface area contributed by atoms with Crippen molar-refractivity contribution in [3.8, 4) is 0 Å². The number of carbonyl (C=O) groups excluding carboxylic acids is 1. The van der Waals surface area contributed by atoms with Gasteiger partial charge in [0.25, 0.3) is 0 Å². The van der Waals surface area contributed by atoms with Crippen molar-refractivity contribution in [2.75, 3.05) is 13.1 Å². The summed E-state index contributed by atoms with van der Waals surface area (Å²) in [6, 6.07) is 4.49. The van der Waals surface area contributed by atoms with Gasteiger partial charge in [0.15, 0.2) is 0 Å². The van der Waals surface area contributed by atoms with Gasteiger partial charge in [0, 0.05) is 32.1 Å². The fourth-order valence-electron chi connectivity index (χ4n) is 3.05. The first-order valence-corrected chi connectivity index (χ1v) is 10.3. The Balaban J connectivity index is 1.44. The van der Waals surface area contributed by atoms with Crippen LogP contribution in [0.5, 0.6) is 0 Å². The molecule has 27 heavy (non-hydrogen) atoms. The van der Waals surface area contributed by atoms with E-state index < -0.39 is 15.8 Å². The molecule has 0 unspecified atom stereocenters. The van der Waals surface area contributed by atoms with E-state index in [0.29, 0.717) is 45.3 Å². The monoisotopic (exact) mass is 395 g/mol. The standard InChI is InChI=1S/C17H22FN5O3S/c18-14-3-5-16(6-4-14)27(25,26)21-15-7-10-22(11-8-15)17(24)2-1-9-23-13-19-12-20-23/h3-6,12-13,15,21H,1-2,7-11H2. The van der Waals surface area contributed by atoms with Gasteiger partial charge < -0.3 is 4.90 Å². The molecule has 2 aromatic rings. The molecule has 10 heteroatoms. The molecular weight excluding hydrogens is 373 g/mol. The minimum absolute atomic E-state index is 0.0375. The van der Waals surface area contributed by atoms with Gasteiger partial charge in [0.2, 0.25) is 15.9 Å². The van der Waals surface area contributed by atoms with Gasteiger partial charge in [-0.05, 0) is 43.5 Å². The third-order valence-corrected chi connectivity index (χ3v) is 6.07. The molecule has 3 rings (SSSR count). The van der Waals surface area contributed by atoms with E-state index in [0.717, 1.165) is 12.1 Å². The van der Waals surface area contributed by atoms with Crippen LogP contribution in [0, 0.1) is 5.82 Å². The Bertz CT molecular complexity index is 847. The summed E-state index contributed by atoms with van der Waals surface area (Å²) in [6.45, 7) is 1.66. The summed E-state index contributed by atoms with van der Waals surface area (Å²) >= 11 is 0. The summed E-state index contributed by atoms with van der Waals surface area (Å²) in [7, 11) is -3.69. The average molecular weight is 395 g/mol. The number of benzene rings is 1. The first kappa shape index (κ1) is 19.4. The third-order valence-electron chi connectivity index (χ3n) is 4.54. The lowest BCUT2D eigenvalue weighted by molar-refractivity contribution is -0.132. The van der Waals surface area contributed by atoms with Crippen molar-refractivity contribution in [3.05, 3.63) is 42.7 Å². The molecule has 0 spiro atoms. The second kappa shape index (κ2) is 8.57. The number of aromatic nitrogens is 3. The van der Waals surface area contributed by atoms with E-state index in [1.165, 1.54) is 18.5 Å². The normalized spacial score (nSPS) is 15.8. The van der Waals surface area contributed by atoms with Crippen LogP contribution in [0.3, 0.4) is 0 Å². The zero-order chi connectivity index (χ0) is 19.3. The molecule has 8 nitrogen and oxygen atoms in total. The minimum Gasteiger partial charge on any atom is -0.343 e. The van der Waals surface area contributed by atoms with E-state index in [4.69, 9.17) is 0 Å². The predicted molar refractivity (Wildman–Crippen MR) is 95.6 cm³/mol. The largest absolute Gasteiger partial charge is 0.343 e. The number of hydrogen-bond acceptors (Lipinski definition) is 5. The Kier molecular flexibility index (Phi) is 6.17. The molecule has 0 aliphatic carbocycles. The van der Waals surface area contributed by atoms with Crippen LogP contribution >= 0.6 is 0 Å². The highest BCUT2D eigenvalue weighted by Gasteiger charge is 2.26. The molecule has 1 aliphatic heterocycles. The highest BCUT2D eigenvalue weighted by Crippen LogP contribution is 2.16. The first-order valence-electron chi connectivity index (χ1n) is 8.82. The zero-order valence-electron chi connectivity index (χ0n) is 14.8. The van der Waals surface area contributed by atoms with Crippen molar-refractivity contribution in [1.82, 2.24) is 24.4 Å². The van der Waals surface area contributed by atoms with Gasteiger partial charge in [-0.1, -0.05) is 0 Å². The number of likely N-dealkylation sites (tertiary alicyclic amines) is 1. The molecule has 0 radical (unpaired) electrons. The summed E-state index contributed by atoms with van der Waals surface area (Å²) in [5, 5.41) is 3.99. The van der Waals surface area contributed by atoms with Crippen LogP contribution in [0.15, 0.2) is 41.8 Å². The van der Waals surface area contributed by atoms with Crippen molar-refractivity contribution in [2.24, 2.45) is 0 Å². The lowest BCUT2D eigenvalue weighted by Gasteiger charge is -2.32. The highest BCUT2D eigenvalue weighted by molar-refractivity contribution is 7.89. The van der Waals surface area contributed by atoms with Crippen molar-refractivity contribution < 1.29 is 17.6 Å². The molecule has 0 bridgehead atoms. The van der Waals surface area contributed by atoms with Crippen molar-refractivity contribution in [3.63, 3.8) is 0 Å². The average Bonchev–Trinajstić information content (AvgIpc) is 3.16. The SMILES string of the molecule is O=C(CCCn1cncn1)N1CCC(NS(=O)(=O)c2ccc(F)cc2)CC1. The Morgan fingerprint density at radius 3 is 2.56 bits per heavy atom. The maximum atomic E-state index is 13.0. The molecular formula is C17H22FN5O3S. The van der Waals surface area contributed by atoms with Crippen LogP contribution in [-0.4, -0.2) is 53.1 Å². The summed E-state index contributed by atoms with van der Waals surface area (Å²) < 4.78 is 42.0. The number of hydrogen-bond donors (Lipinski definition) is 1. The highest BCUT2D eigenvalue weighted by atomic mass is 32.2. The third kappa shape index (κ3) is 5.33. The molecule has 146 valence electrons.